The summed E-state index contributed by atoms with van der Waals surface area (Å²) in [5, 5.41) is 10.5. The van der Waals surface area contributed by atoms with Crippen LogP contribution in [-0.4, -0.2) is 34.7 Å². The van der Waals surface area contributed by atoms with Gasteiger partial charge in [-0.3, -0.25) is 9.59 Å². The molecule has 2 amide bonds. The van der Waals surface area contributed by atoms with Gasteiger partial charge in [0.15, 0.2) is 6.10 Å². The lowest BCUT2D eigenvalue weighted by Gasteiger charge is -2.32. The van der Waals surface area contributed by atoms with Crippen molar-refractivity contribution >= 4 is 34.0 Å². The Morgan fingerprint density at radius 2 is 2.27 bits per heavy atom. The van der Waals surface area contributed by atoms with E-state index < -0.39 is 6.10 Å². The largest absolute Gasteiger partial charge is 0.479 e. The first-order chi connectivity index (χ1) is 10.6. The van der Waals surface area contributed by atoms with Crippen molar-refractivity contribution in [2.75, 3.05) is 16.8 Å². The number of anilines is 2. The minimum absolute atomic E-state index is 0.151. The van der Waals surface area contributed by atoms with Crippen LogP contribution in [0.1, 0.15) is 13.3 Å². The SMILES string of the molecule is CC1Oc2ccccc2N(CCC(=O)Nc2nncs2)C1=O. The number of hydrogen-bond donors (Lipinski definition) is 1. The second-order valence-electron chi connectivity index (χ2n) is 4.76. The van der Waals surface area contributed by atoms with Crippen LogP contribution in [0.3, 0.4) is 0 Å². The van der Waals surface area contributed by atoms with Gasteiger partial charge in [-0.25, -0.2) is 0 Å². The van der Waals surface area contributed by atoms with E-state index in [4.69, 9.17) is 4.74 Å². The molecular weight excluding hydrogens is 304 g/mol. The molecule has 2 heterocycles. The van der Waals surface area contributed by atoms with Crippen molar-refractivity contribution in [3.05, 3.63) is 29.8 Å². The van der Waals surface area contributed by atoms with Crippen LogP contribution in [-0.2, 0) is 9.59 Å². The zero-order chi connectivity index (χ0) is 15.5. The Morgan fingerprint density at radius 1 is 1.45 bits per heavy atom. The van der Waals surface area contributed by atoms with E-state index in [0.29, 0.717) is 16.6 Å². The lowest BCUT2D eigenvalue weighted by atomic mass is 10.1. The van der Waals surface area contributed by atoms with Crippen LogP contribution < -0.4 is 15.0 Å². The van der Waals surface area contributed by atoms with Crippen molar-refractivity contribution < 1.29 is 14.3 Å². The van der Waals surface area contributed by atoms with E-state index in [1.54, 1.807) is 17.3 Å². The molecule has 1 N–H and O–H groups in total. The quantitative estimate of drug-likeness (QED) is 0.927. The van der Waals surface area contributed by atoms with Crippen LogP contribution in [0, 0.1) is 0 Å². The number of amides is 2. The zero-order valence-electron chi connectivity index (χ0n) is 11.9. The van der Waals surface area contributed by atoms with Crippen LogP contribution in [0.4, 0.5) is 10.8 Å². The van der Waals surface area contributed by atoms with Gasteiger partial charge in [0.05, 0.1) is 5.69 Å². The summed E-state index contributed by atoms with van der Waals surface area (Å²) >= 11 is 1.25. The third-order valence-corrected chi connectivity index (χ3v) is 3.85. The van der Waals surface area contributed by atoms with E-state index in [0.717, 1.165) is 0 Å². The summed E-state index contributed by atoms with van der Waals surface area (Å²) in [7, 11) is 0. The van der Waals surface area contributed by atoms with Crippen molar-refractivity contribution in [2.24, 2.45) is 0 Å². The smallest absolute Gasteiger partial charge is 0.267 e. The normalized spacial score (nSPS) is 16.9. The average molecular weight is 318 g/mol. The summed E-state index contributed by atoms with van der Waals surface area (Å²) in [5.41, 5.74) is 2.23. The van der Waals surface area contributed by atoms with E-state index >= 15 is 0 Å². The number of aromatic nitrogens is 2. The summed E-state index contributed by atoms with van der Waals surface area (Å²) in [6, 6.07) is 7.30. The predicted molar refractivity (Wildman–Crippen MR) is 82.0 cm³/mol. The summed E-state index contributed by atoms with van der Waals surface area (Å²) in [5.74, 6) is 0.294. The van der Waals surface area contributed by atoms with Crippen molar-refractivity contribution in [3.8, 4) is 5.75 Å². The van der Waals surface area contributed by atoms with Gasteiger partial charge in [-0.2, -0.15) is 0 Å². The molecule has 2 aromatic rings. The molecule has 3 rings (SSSR count). The molecule has 0 bridgehead atoms. The van der Waals surface area contributed by atoms with Crippen LogP contribution in [0.25, 0.3) is 0 Å². The summed E-state index contributed by atoms with van der Waals surface area (Å²) in [4.78, 5) is 25.8. The first kappa shape index (κ1) is 14.5. The first-order valence-corrected chi connectivity index (χ1v) is 7.66. The topological polar surface area (TPSA) is 84.4 Å². The highest BCUT2D eigenvalue weighted by Crippen LogP contribution is 2.33. The lowest BCUT2D eigenvalue weighted by molar-refractivity contribution is -0.125. The number of hydrogen-bond acceptors (Lipinski definition) is 6. The summed E-state index contributed by atoms with van der Waals surface area (Å²) < 4.78 is 5.56. The molecule has 0 saturated heterocycles. The van der Waals surface area contributed by atoms with Crippen molar-refractivity contribution in [3.63, 3.8) is 0 Å². The molecule has 0 spiro atoms. The number of rotatable bonds is 4. The third-order valence-electron chi connectivity index (χ3n) is 3.24. The fourth-order valence-corrected chi connectivity index (χ4v) is 2.67. The Morgan fingerprint density at radius 3 is 3.05 bits per heavy atom. The summed E-state index contributed by atoms with van der Waals surface area (Å²) in [6.07, 6.45) is -0.382. The van der Waals surface area contributed by atoms with Gasteiger partial charge in [0.2, 0.25) is 11.0 Å². The minimum Gasteiger partial charge on any atom is -0.479 e. The molecule has 1 unspecified atom stereocenters. The molecule has 0 aliphatic carbocycles. The van der Waals surface area contributed by atoms with E-state index in [9.17, 15) is 9.59 Å². The fraction of sp³-hybridized carbons (Fsp3) is 0.286. The van der Waals surface area contributed by atoms with E-state index in [-0.39, 0.29) is 24.8 Å². The number of benzene rings is 1. The number of carbonyl (C=O) groups is 2. The van der Waals surface area contributed by atoms with Crippen LogP contribution in [0.5, 0.6) is 5.75 Å². The highest BCUT2D eigenvalue weighted by molar-refractivity contribution is 7.13. The maximum atomic E-state index is 12.3. The molecule has 0 radical (unpaired) electrons. The third kappa shape index (κ3) is 2.91. The fourth-order valence-electron chi connectivity index (χ4n) is 2.21. The van der Waals surface area contributed by atoms with Gasteiger partial charge >= 0.3 is 0 Å². The van der Waals surface area contributed by atoms with Crippen LogP contribution >= 0.6 is 11.3 Å². The number of nitrogens with one attached hydrogen (secondary N) is 1. The maximum absolute atomic E-state index is 12.3. The molecule has 1 aliphatic heterocycles. The molecule has 1 aromatic heterocycles. The van der Waals surface area contributed by atoms with Gasteiger partial charge < -0.3 is 15.0 Å². The second kappa shape index (κ2) is 6.10. The molecule has 1 aromatic carbocycles. The molecular formula is C14H14N4O3S. The van der Waals surface area contributed by atoms with Crippen molar-refractivity contribution in [2.45, 2.75) is 19.4 Å². The van der Waals surface area contributed by atoms with Crippen molar-refractivity contribution in [1.29, 1.82) is 0 Å². The number of fused-ring (bicyclic) bond motifs is 1. The Kier molecular flexibility index (Phi) is 4.01. The monoisotopic (exact) mass is 318 g/mol. The van der Waals surface area contributed by atoms with Gasteiger partial charge in [0.1, 0.15) is 11.3 Å². The maximum Gasteiger partial charge on any atom is 0.267 e. The van der Waals surface area contributed by atoms with E-state index in [1.165, 1.54) is 11.3 Å². The standard InChI is InChI=1S/C14H14N4O3S/c1-9-13(20)18(10-4-2-3-5-11(10)21-9)7-6-12(19)16-14-17-15-8-22-14/h2-5,8-9H,6-7H2,1H3,(H,16,17,19). The van der Waals surface area contributed by atoms with E-state index in [1.807, 2.05) is 24.3 Å². The zero-order valence-corrected chi connectivity index (χ0v) is 12.7. The molecule has 1 aliphatic rings. The van der Waals surface area contributed by atoms with Crippen molar-refractivity contribution in [1.82, 2.24) is 10.2 Å². The Balaban J connectivity index is 1.68. The predicted octanol–water partition coefficient (Wildman–Crippen LogP) is 1.68. The lowest BCUT2D eigenvalue weighted by Crippen LogP contribution is -2.45. The number of carbonyl (C=O) groups excluding carboxylic acids is 2. The Bertz CT molecular complexity index is 689. The van der Waals surface area contributed by atoms with Crippen LogP contribution in [0.2, 0.25) is 0 Å². The molecule has 0 fully saturated rings. The first-order valence-electron chi connectivity index (χ1n) is 6.78. The van der Waals surface area contributed by atoms with Gasteiger partial charge in [-0.1, -0.05) is 23.5 Å². The number of para-hydroxylation sites is 2. The Labute approximate surface area is 130 Å². The molecule has 22 heavy (non-hydrogen) atoms. The molecule has 7 nitrogen and oxygen atoms in total. The average Bonchev–Trinajstić information content (AvgIpc) is 3.00. The Hall–Kier alpha value is -2.48. The molecule has 1 atom stereocenters. The van der Waals surface area contributed by atoms with Gasteiger partial charge in [0, 0.05) is 13.0 Å². The second-order valence-corrected chi connectivity index (χ2v) is 5.59. The van der Waals surface area contributed by atoms with Crippen LogP contribution in [0.15, 0.2) is 29.8 Å². The van der Waals surface area contributed by atoms with Gasteiger partial charge in [-0.05, 0) is 19.1 Å². The number of ether oxygens (including phenoxy) is 1. The summed E-state index contributed by atoms with van der Waals surface area (Å²) in [6.45, 7) is 1.99. The van der Waals surface area contributed by atoms with Gasteiger partial charge in [0.25, 0.3) is 5.91 Å². The number of nitrogens with zero attached hydrogens (tertiary/aromatic N) is 3. The molecule has 8 heteroatoms. The minimum atomic E-state index is -0.555. The highest BCUT2D eigenvalue weighted by atomic mass is 32.1. The molecule has 0 saturated carbocycles. The molecule has 114 valence electrons. The van der Waals surface area contributed by atoms with E-state index in [2.05, 4.69) is 15.5 Å². The highest BCUT2D eigenvalue weighted by Gasteiger charge is 2.31. The van der Waals surface area contributed by atoms with Gasteiger partial charge in [-0.15, -0.1) is 10.2 Å².